The summed E-state index contributed by atoms with van der Waals surface area (Å²) in [4.78, 5) is 6.44. The van der Waals surface area contributed by atoms with Crippen LogP contribution in [0.4, 0.5) is 0 Å². The number of nitrogens with zero attached hydrogens (tertiary/aromatic N) is 3. The first kappa shape index (κ1) is 11.8. The van der Waals surface area contributed by atoms with Crippen molar-refractivity contribution in [2.45, 2.75) is 19.4 Å². The number of imidazole rings is 1. The van der Waals surface area contributed by atoms with Gasteiger partial charge in [0.05, 0.1) is 6.33 Å². The molecule has 1 aromatic rings. The lowest BCUT2D eigenvalue weighted by Crippen LogP contribution is -2.38. The predicted octanol–water partition coefficient (Wildman–Crippen LogP) is 0.728. The first-order chi connectivity index (χ1) is 7.84. The quantitative estimate of drug-likeness (QED) is 0.713. The SMILES string of the molecule is O=S1CCN(CCCCn2ccnc2)CC1. The molecule has 5 heteroatoms. The highest BCUT2D eigenvalue weighted by atomic mass is 32.2. The number of rotatable bonds is 5. The normalized spacial score (nSPS) is 19.0. The van der Waals surface area contributed by atoms with E-state index in [0.717, 1.165) is 37.7 Å². The van der Waals surface area contributed by atoms with Crippen molar-refractivity contribution >= 4 is 10.8 Å². The second-order valence-corrected chi connectivity index (χ2v) is 5.89. The lowest BCUT2D eigenvalue weighted by molar-refractivity contribution is 0.290. The Morgan fingerprint density at radius 3 is 2.62 bits per heavy atom. The maximum Gasteiger partial charge on any atom is 0.0945 e. The molecule has 0 atom stereocenters. The minimum Gasteiger partial charge on any atom is -0.337 e. The zero-order valence-corrected chi connectivity index (χ0v) is 10.4. The molecule has 0 radical (unpaired) electrons. The molecule has 1 aliphatic heterocycles. The van der Waals surface area contributed by atoms with Crippen molar-refractivity contribution in [2.24, 2.45) is 0 Å². The van der Waals surface area contributed by atoms with Crippen LogP contribution < -0.4 is 0 Å². The summed E-state index contributed by atoms with van der Waals surface area (Å²) in [6.07, 6.45) is 8.09. The molecular formula is C11H19N3OS. The monoisotopic (exact) mass is 241 g/mol. The Morgan fingerprint density at radius 2 is 1.94 bits per heavy atom. The van der Waals surface area contributed by atoms with Gasteiger partial charge in [0.15, 0.2) is 0 Å². The van der Waals surface area contributed by atoms with E-state index in [4.69, 9.17) is 0 Å². The van der Waals surface area contributed by atoms with Crippen LogP contribution in [0.5, 0.6) is 0 Å². The van der Waals surface area contributed by atoms with Crippen molar-refractivity contribution in [1.29, 1.82) is 0 Å². The fraction of sp³-hybridized carbons (Fsp3) is 0.727. The second-order valence-electron chi connectivity index (χ2n) is 4.20. The Morgan fingerprint density at radius 1 is 1.19 bits per heavy atom. The van der Waals surface area contributed by atoms with Gasteiger partial charge < -0.3 is 9.47 Å². The maximum absolute atomic E-state index is 11.2. The van der Waals surface area contributed by atoms with Crippen LogP contribution in [0.3, 0.4) is 0 Å². The Hall–Kier alpha value is -0.680. The third-order valence-corrected chi connectivity index (χ3v) is 4.25. The highest BCUT2D eigenvalue weighted by molar-refractivity contribution is 7.85. The molecule has 1 saturated heterocycles. The molecule has 90 valence electrons. The largest absolute Gasteiger partial charge is 0.337 e. The summed E-state index contributed by atoms with van der Waals surface area (Å²) < 4.78 is 13.3. The molecule has 1 aliphatic rings. The van der Waals surface area contributed by atoms with E-state index in [9.17, 15) is 4.21 Å². The number of aryl methyl sites for hydroxylation is 1. The molecular weight excluding hydrogens is 222 g/mol. The van der Waals surface area contributed by atoms with Gasteiger partial charge in [-0.05, 0) is 19.4 Å². The predicted molar refractivity (Wildman–Crippen MR) is 65.8 cm³/mol. The molecule has 0 aromatic carbocycles. The molecule has 0 N–H and O–H groups in total. The lowest BCUT2D eigenvalue weighted by atomic mass is 10.3. The first-order valence-corrected chi connectivity index (χ1v) is 7.36. The number of hydrogen-bond acceptors (Lipinski definition) is 3. The number of aromatic nitrogens is 2. The van der Waals surface area contributed by atoms with E-state index < -0.39 is 10.8 Å². The van der Waals surface area contributed by atoms with Crippen LogP contribution in [-0.4, -0.2) is 49.8 Å². The van der Waals surface area contributed by atoms with E-state index in [2.05, 4.69) is 14.5 Å². The first-order valence-electron chi connectivity index (χ1n) is 5.88. The van der Waals surface area contributed by atoms with Gasteiger partial charge in [-0.25, -0.2) is 4.98 Å². The van der Waals surface area contributed by atoms with Gasteiger partial charge in [-0.2, -0.15) is 0 Å². The summed E-state index contributed by atoms with van der Waals surface area (Å²) in [6.45, 7) is 4.22. The van der Waals surface area contributed by atoms with E-state index in [1.54, 1.807) is 0 Å². The van der Waals surface area contributed by atoms with Crippen LogP contribution in [0.2, 0.25) is 0 Å². The fourth-order valence-corrected chi connectivity index (χ4v) is 3.08. The van der Waals surface area contributed by atoms with Gasteiger partial charge in [0.2, 0.25) is 0 Å². The Bertz CT molecular complexity index is 316. The van der Waals surface area contributed by atoms with Gasteiger partial charge in [-0.1, -0.05) is 0 Å². The maximum atomic E-state index is 11.2. The van der Waals surface area contributed by atoms with Crippen molar-refractivity contribution in [3.63, 3.8) is 0 Å². The van der Waals surface area contributed by atoms with Gasteiger partial charge in [-0.3, -0.25) is 4.21 Å². The number of hydrogen-bond donors (Lipinski definition) is 0. The molecule has 0 unspecified atom stereocenters. The molecule has 2 rings (SSSR count). The third kappa shape index (κ3) is 3.72. The average Bonchev–Trinajstić information content (AvgIpc) is 2.80. The summed E-state index contributed by atoms with van der Waals surface area (Å²) in [5.74, 6) is 1.73. The van der Waals surface area contributed by atoms with Gasteiger partial charge in [0.1, 0.15) is 0 Å². The molecule has 0 aliphatic carbocycles. The van der Waals surface area contributed by atoms with Gasteiger partial charge in [0, 0.05) is 54.3 Å². The van der Waals surface area contributed by atoms with E-state index in [1.807, 2.05) is 18.7 Å². The molecule has 2 heterocycles. The molecule has 0 bridgehead atoms. The smallest absolute Gasteiger partial charge is 0.0945 e. The van der Waals surface area contributed by atoms with E-state index in [-0.39, 0.29) is 0 Å². The van der Waals surface area contributed by atoms with Crippen molar-refractivity contribution < 1.29 is 4.21 Å². The lowest BCUT2D eigenvalue weighted by Gasteiger charge is -2.25. The third-order valence-electron chi connectivity index (χ3n) is 2.97. The van der Waals surface area contributed by atoms with E-state index >= 15 is 0 Å². The molecule has 1 aromatic heterocycles. The summed E-state index contributed by atoms with van der Waals surface area (Å²) >= 11 is 0. The second kappa shape index (κ2) is 6.15. The van der Waals surface area contributed by atoms with Crippen LogP contribution in [0, 0.1) is 0 Å². The summed E-state index contributed by atoms with van der Waals surface area (Å²) in [5.41, 5.74) is 0. The van der Waals surface area contributed by atoms with Crippen molar-refractivity contribution in [3.05, 3.63) is 18.7 Å². The van der Waals surface area contributed by atoms with Crippen LogP contribution in [-0.2, 0) is 17.3 Å². The van der Waals surface area contributed by atoms with Crippen LogP contribution in [0.15, 0.2) is 18.7 Å². The van der Waals surface area contributed by atoms with Crippen molar-refractivity contribution in [2.75, 3.05) is 31.1 Å². The standard InChI is InChI=1S/C11H19N3OS/c15-16-9-7-13(8-10-16)4-1-2-5-14-6-3-12-11-14/h3,6,11H,1-2,4-5,7-10H2. The molecule has 4 nitrogen and oxygen atoms in total. The average molecular weight is 241 g/mol. The van der Waals surface area contributed by atoms with E-state index in [0.29, 0.717) is 0 Å². The molecule has 0 saturated carbocycles. The Labute approximate surface area is 99.1 Å². The molecule has 0 amide bonds. The summed E-state index contributed by atoms with van der Waals surface area (Å²) in [6, 6.07) is 0. The molecule has 16 heavy (non-hydrogen) atoms. The fourth-order valence-electron chi connectivity index (χ4n) is 1.95. The van der Waals surface area contributed by atoms with Gasteiger partial charge in [-0.15, -0.1) is 0 Å². The van der Waals surface area contributed by atoms with Gasteiger partial charge in [0.25, 0.3) is 0 Å². The van der Waals surface area contributed by atoms with Crippen molar-refractivity contribution in [1.82, 2.24) is 14.5 Å². The summed E-state index contributed by atoms with van der Waals surface area (Å²) in [7, 11) is -0.547. The van der Waals surface area contributed by atoms with Crippen LogP contribution >= 0.6 is 0 Å². The zero-order chi connectivity index (χ0) is 11.2. The Kier molecular flexibility index (Phi) is 4.54. The summed E-state index contributed by atoms with van der Waals surface area (Å²) in [5, 5.41) is 0. The van der Waals surface area contributed by atoms with E-state index in [1.165, 1.54) is 12.8 Å². The minimum absolute atomic E-state index is 0.547. The topological polar surface area (TPSA) is 38.1 Å². The highest BCUT2D eigenvalue weighted by Crippen LogP contribution is 2.03. The van der Waals surface area contributed by atoms with Gasteiger partial charge >= 0.3 is 0 Å². The minimum atomic E-state index is -0.547. The van der Waals surface area contributed by atoms with Crippen molar-refractivity contribution in [3.8, 4) is 0 Å². The molecule has 1 fully saturated rings. The zero-order valence-electron chi connectivity index (χ0n) is 9.55. The molecule has 0 spiro atoms. The van der Waals surface area contributed by atoms with Crippen LogP contribution in [0.1, 0.15) is 12.8 Å². The van der Waals surface area contributed by atoms with Crippen LogP contribution in [0.25, 0.3) is 0 Å². The Balaban J connectivity index is 1.56. The highest BCUT2D eigenvalue weighted by Gasteiger charge is 2.13. The number of unbranched alkanes of at least 4 members (excludes halogenated alkanes) is 1.